The predicted molar refractivity (Wildman–Crippen MR) is 52.4 cm³/mol. The Hall–Kier alpha value is -1.13. The van der Waals surface area contributed by atoms with Crippen molar-refractivity contribution in [1.29, 1.82) is 0 Å². The summed E-state index contributed by atoms with van der Waals surface area (Å²) >= 11 is 0. The SMILES string of the molecule is Nc1ccc(F)c(C2COCCN2)c1. The topological polar surface area (TPSA) is 47.3 Å². The number of ether oxygens (including phenoxy) is 1. The predicted octanol–water partition coefficient (Wildman–Crippen LogP) is 1.07. The molecule has 14 heavy (non-hydrogen) atoms. The third kappa shape index (κ3) is 1.86. The minimum Gasteiger partial charge on any atom is -0.399 e. The van der Waals surface area contributed by atoms with Crippen molar-refractivity contribution in [2.45, 2.75) is 6.04 Å². The molecule has 0 radical (unpaired) electrons. The molecule has 0 spiro atoms. The quantitative estimate of drug-likeness (QED) is 0.660. The summed E-state index contributed by atoms with van der Waals surface area (Å²) in [4.78, 5) is 0. The Balaban J connectivity index is 2.24. The van der Waals surface area contributed by atoms with Gasteiger partial charge in [-0.1, -0.05) is 0 Å². The lowest BCUT2D eigenvalue weighted by atomic mass is 10.1. The summed E-state index contributed by atoms with van der Waals surface area (Å²) in [5.74, 6) is -0.234. The van der Waals surface area contributed by atoms with Gasteiger partial charge in [0.1, 0.15) is 5.82 Å². The summed E-state index contributed by atoms with van der Waals surface area (Å²) in [7, 11) is 0. The highest BCUT2D eigenvalue weighted by atomic mass is 19.1. The highest BCUT2D eigenvalue weighted by Gasteiger charge is 2.18. The van der Waals surface area contributed by atoms with Crippen LogP contribution in [0.2, 0.25) is 0 Å². The molecule has 1 fully saturated rings. The molecule has 1 aromatic rings. The standard InChI is InChI=1S/C10H13FN2O/c11-9-2-1-7(12)5-8(9)10-6-14-4-3-13-10/h1-2,5,10,13H,3-4,6,12H2. The molecule has 1 unspecified atom stereocenters. The molecule has 1 aromatic carbocycles. The minimum absolute atomic E-state index is 0.0766. The molecule has 4 heteroatoms. The van der Waals surface area contributed by atoms with Crippen LogP contribution in [-0.4, -0.2) is 19.8 Å². The average molecular weight is 196 g/mol. The highest BCUT2D eigenvalue weighted by Crippen LogP contribution is 2.21. The molecule has 0 aliphatic carbocycles. The summed E-state index contributed by atoms with van der Waals surface area (Å²) in [6.07, 6.45) is 0. The van der Waals surface area contributed by atoms with Crippen LogP contribution in [0.5, 0.6) is 0 Å². The molecular weight excluding hydrogens is 183 g/mol. The fourth-order valence-corrected chi connectivity index (χ4v) is 1.59. The van der Waals surface area contributed by atoms with E-state index in [4.69, 9.17) is 10.5 Å². The van der Waals surface area contributed by atoms with Crippen molar-refractivity contribution in [3.8, 4) is 0 Å². The summed E-state index contributed by atoms with van der Waals surface area (Å²) in [6, 6.07) is 4.53. The number of anilines is 1. The van der Waals surface area contributed by atoms with E-state index in [0.29, 0.717) is 24.5 Å². The molecule has 0 aromatic heterocycles. The number of halogens is 1. The zero-order valence-corrected chi connectivity index (χ0v) is 7.79. The Morgan fingerprint density at radius 3 is 3.07 bits per heavy atom. The summed E-state index contributed by atoms with van der Waals surface area (Å²) < 4.78 is 18.7. The van der Waals surface area contributed by atoms with Crippen molar-refractivity contribution in [3.63, 3.8) is 0 Å². The second-order valence-corrected chi connectivity index (χ2v) is 3.36. The van der Waals surface area contributed by atoms with Crippen LogP contribution >= 0.6 is 0 Å². The van der Waals surface area contributed by atoms with E-state index in [-0.39, 0.29) is 11.9 Å². The summed E-state index contributed by atoms with van der Waals surface area (Å²) in [5, 5.41) is 3.18. The molecule has 3 nitrogen and oxygen atoms in total. The smallest absolute Gasteiger partial charge is 0.128 e. The molecule has 76 valence electrons. The lowest BCUT2D eigenvalue weighted by Crippen LogP contribution is -2.35. The van der Waals surface area contributed by atoms with Gasteiger partial charge in [-0.25, -0.2) is 4.39 Å². The first kappa shape index (κ1) is 9.43. The monoisotopic (exact) mass is 196 g/mol. The van der Waals surface area contributed by atoms with Crippen molar-refractivity contribution in [3.05, 3.63) is 29.6 Å². The second-order valence-electron chi connectivity index (χ2n) is 3.36. The third-order valence-electron chi connectivity index (χ3n) is 2.32. The van der Waals surface area contributed by atoms with Crippen molar-refractivity contribution in [1.82, 2.24) is 5.32 Å². The number of nitrogens with two attached hydrogens (primary N) is 1. The molecule has 1 aliphatic heterocycles. The van der Waals surface area contributed by atoms with E-state index in [2.05, 4.69) is 5.32 Å². The fraction of sp³-hybridized carbons (Fsp3) is 0.400. The minimum atomic E-state index is -0.234. The van der Waals surface area contributed by atoms with Crippen molar-refractivity contribution < 1.29 is 9.13 Å². The molecule has 1 atom stereocenters. The van der Waals surface area contributed by atoms with Gasteiger partial charge in [0.15, 0.2) is 0 Å². The van der Waals surface area contributed by atoms with Gasteiger partial charge in [-0.3, -0.25) is 0 Å². The summed E-state index contributed by atoms with van der Waals surface area (Å²) in [6.45, 7) is 1.93. The fourth-order valence-electron chi connectivity index (χ4n) is 1.59. The van der Waals surface area contributed by atoms with E-state index in [9.17, 15) is 4.39 Å². The third-order valence-corrected chi connectivity index (χ3v) is 2.32. The number of benzene rings is 1. The van der Waals surface area contributed by atoms with Crippen molar-refractivity contribution >= 4 is 5.69 Å². The van der Waals surface area contributed by atoms with Gasteiger partial charge < -0.3 is 15.8 Å². The van der Waals surface area contributed by atoms with Gasteiger partial charge in [-0.05, 0) is 18.2 Å². The molecule has 0 bridgehead atoms. The van der Waals surface area contributed by atoms with Gasteiger partial charge in [0.05, 0.1) is 19.3 Å². The van der Waals surface area contributed by atoms with E-state index in [0.717, 1.165) is 6.54 Å². The van der Waals surface area contributed by atoms with E-state index < -0.39 is 0 Å². The molecule has 3 N–H and O–H groups in total. The van der Waals surface area contributed by atoms with Crippen LogP contribution in [0.15, 0.2) is 18.2 Å². The molecule has 1 aliphatic rings. The van der Waals surface area contributed by atoms with Crippen molar-refractivity contribution in [2.75, 3.05) is 25.5 Å². The lowest BCUT2D eigenvalue weighted by molar-refractivity contribution is 0.0758. The van der Waals surface area contributed by atoms with Crippen LogP contribution in [0.1, 0.15) is 11.6 Å². The Morgan fingerprint density at radius 1 is 1.50 bits per heavy atom. The molecule has 2 rings (SSSR count). The van der Waals surface area contributed by atoms with Crippen molar-refractivity contribution in [2.24, 2.45) is 0 Å². The maximum Gasteiger partial charge on any atom is 0.128 e. The first-order valence-electron chi connectivity index (χ1n) is 4.63. The van der Waals surface area contributed by atoms with Crippen LogP contribution in [0.25, 0.3) is 0 Å². The molecule has 1 saturated heterocycles. The van der Waals surface area contributed by atoms with E-state index in [1.807, 2.05) is 0 Å². The number of hydrogen-bond donors (Lipinski definition) is 2. The van der Waals surface area contributed by atoms with Crippen LogP contribution < -0.4 is 11.1 Å². The largest absolute Gasteiger partial charge is 0.399 e. The molecule has 0 amide bonds. The zero-order valence-electron chi connectivity index (χ0n) is 7.79. The van der Waals surface area contributed by atoms with Crippen LogP contribution in [-0.2, 0) is 4.74 Å². The normalized spacial score (nSPS) is 22.2. The molecular formula is C10H13FN2O. The average Bonchev–Trinajstić information content (AvgIpc) is 2.23. The Labute approximate surface area is 82.1 Å². The van der Waals surface area contributed by atoms with E-state index >= 15 is 0 Å². The Morgan fingerprint density at radius 2 is 2.36 bits per heavy atom. The maximum absolute atomic E-state index is 13.4. The first-order valence-corrected chi connectivity index (χ1v) is 4.63. The summed E-state index contributed by atoms with van der Waals surface area (Å²) in [5.41, 5.74) is 6.76. The van der Waals surface area contributed by atoms with Gasteiger partial charge in [-0.2, -0.15) is 0 Å². The highest BCUT2D eigenvalue weighted by molar-refractivity contribution is 5.42. The van der Waals surface area contributed by atoms with Gasteiger partial charge >= 0.3 is 0 Å². The first-order chi connectivity index (χ1) is 6.77. The number of rotatable bonds is 1. The second kappa shape index (κ2) is 3.94. The number of nitrogen functional groups attached to an aromatic ring is 1. The van der Waals surface area contributed by atoms with Crippen LogP contribution in [0.3, 0.4) is 0 Å². The Bertz CT molecular complexity index is 324. The van der Waals surface area contributed by atoms with E-state index in [1.165, 1.54) is 6.07 Å². The zero-order chi connectivity index (χ0) is 9.97. The number of morpholine rings is 1. The van der Waals surface area contributed by atoms with Gasteiger partial charge in [0.2, 0.25) is 0 Å². The van der Waals surface area contributed by atoms with Gasteiger partial charge in [-0.15, -0.1) is 0 Å². The number of nitrogens with one attached hydrogen (secondary N) is 1. The molecule has 0 saturated carbocycles. The molecule has 1 heterocycles. The maximum atomic E-state index is 13.4. The van der Waals surface area contributed by atoms with E-state index in [1.54, 1.807) is 12.1 Å². The van der Waals surface area contributed by atoms with Crippen LogP contribution in [0.4, 0.5) is 10.1 Å². The van der Waals surface area contributed by atoms with Gasteiger partial charge in [0, 0.05) is 17.8 Å². The lowest BCUT2D eigenvalue weighted by Gasteiger charge is -2.24. The number of hydrogen-bond acceptors (Lipinski definition) is 3. The van der Waals surface area contributed by atoms with Crippen LogP contribution in [0, 0.1) is 5.82 Å². The van der Waals surface area contributed by atoms with Gasteiger partial charge in [0.25, 0.3) is 0 Å². The Kier molecular flexibility index (Phi) is 2.65.